The molecule has 20 heavy (non-hydrogen) atoms. The molecule has 0 bridgehead atoms. The fraction of sp³-hybridized carbons (Fsp3) is 0.294. The summed E-state index contributed by atoms with van der Waals surface area (Å²) in [6.45, 7) is 2.05. The maximum atomic E-state index is 5.23. The molecule has 0 unspecified atom stereocenters. The second-order valence-corrected chi connectivity index (χ2v) is 4.73. The Morgan fingerprint density at radius 2 is 1.60 bits per heavy atom. The molecule has 106 valence electrons. The van der Waals surface area contributed by atoms with Crippen molar-refractivity contribution in [3.8, 4) is 11.5 Å². The molecule has 0 saturated heterocycles. The van der Waals surface area contributed by atoms with E-state index in [1.165, 1.54) is 11.1 Å². The van der Waals surface area contributed by atoms with Gasteiger partial charge in [0.05, 0.1) is 20.8 Å². The second-order valence-electron chi connectivity index (χ2n) is 4.73. The van der Waals surface area contributed by atoms with Crippen molar-refractivity contribution in [2.45, 2.75) is 13.0 Å². The van der Waals surface area contributed by atoms with Gasteiger partial charge in [0, 0.05) is 12.0 Å². The zero-order valence-electron chi connectivity index (χ0n) is 12.1. The Bertz CT molecular complexity index is 523. The number of hydrogen-bond acceptors (Lipinski definition) is 2. The minimum absolute atomic E-state index is 0.911. The van der Waals surface area contributed by atoms with Crippen LogP contribution in [0.3, 0.4) is 0 Å². The molecule has 0 atom stereocenters. The average Bonchev–Trinajstić information content (AvgIpc) is 2.52. The highest BCUT2D eigenvalue weighted by atomic mass is 16.5. The van der Waals surface area contributed by atoms with Gasteiger partial charge in [-0.2, -0.15) is 0 Å². The summed E-state index contributed by atoms with van der Waals surface area (Å²) in [5, 5.41) is 2.32. The predicted molar refractivity (Wildman–Crippen MR) is 80.2 cm³/mol. The van der Waals surface area contributed by atoms with Crippen molar-refractivity contribution < 1.29 is 14.8 Å². The van der Waals surface area contributed by atoms with Gasteiger partial charge in [0.15, 0.2) is 0 Å². The number of nitrogens with two attached hydrogens (primary N) is 1. The van der Waals surface area contributed by atoms with Crippen LogP contribution < -0.4 is 14.8 Å². The quantitative estimate of drug-likeness (QED) is 0.783. The van der Waals surface area contributed by atoms with Crippen molar-refractivity contribution in [2.75, 3.05) is 20.8 Å². The van der Waals surface area contributed by atoms with E-state index in [9.17, 15) is 0 Å². The van der Waals surface area contributed by atoms with E-state index in [1.54, 1.807) is 14.2 Å². The summed E-state index contributed by atoms with van der Waals surface area (Å²) in [5.74, 6) is 1.83. The number of benzene rings is 2. The lowest BCUT2D eigenvalue weighted by Crippen LogP contribution is -2.83. The molecule has 0 saturated carbocycles. The van der Waals surface area contributed by atoms with Crippen LogP contribution >= 0.6 is 0 Å². The molecule has 2 N–H and O–H groups in total. The van der Waals surface area contributed by atoms with E-state index in [-0.39, 0.29) is 0 Å². The molecule has 0 fully saturated rings. The van der Waals surface area contributed by atoms with Crippen LogP contribution in [0.4, 0.5) is 0 Å². The first kappa shape index (κ1) is 14.4. The maximum absolute atomic E-state index is 5.23. The van der Waals surface area contributed by atoms with Crippen LogP contribution in [0.5, 0.6) is 11.5 Å². The SMILES string of the molecule is COc1ccc(CC[NH2+]Cc2cccc(OC)c2)cc1. The molecule has 0 radical (unpaired) electrons. The van der Waals surface area contributed by atoms with E-state index in [2.05, 4.69) is 29.6 Å². The van der Waals surface area contributed by atoms with Crippen LogP contribution in [0, 0.1) is 0 Å². The lowest BCUT2D eigenvalue weighted by molar-refractivity contribution is -0.670. The molecule has 2 aromatic rings. The van der Waals surface area contributed by atoms with Gasteiger partial charge in [-0.05, 0) is 29.8 Å². The summed E-state index contributed by atoms with van der Waals surface area (Å²) in [5.41, 5.74) is 2.63. The van der Waals surface area contributed by atoms with E-state index in [1.807, 2.05) is 24.3 Å². The Labute approximate surface area is 120 Å². The van der Waals surface area contributed by atoms with Crippen molar-refractivity contribution in [3.63, 3.8) is 0 Å². The van der Waals surface area contributed by atoms with Gasteiger partial charge in [-0.15, -0.1) is 0 Å². The monoisotopic (exact) mass is 272 g/mol. The first-order valence-electron chi connectivity index (χ1n) is 6.89. The first-order valence-corrected chi connectivity index (χ1v) is 6.89. The van der Waals surface area contributed by atoms with Crippen molar-refractivity contribution >= 4 is 0 Å². The molecule has 0 aromatic heterocycles. The highest BCUT2D eigenvalue weighted by Gasteiger charge is 1.99. The Morgan fingerprint density at radius 3 is 2.30 bits per heavy atom. The zero-order chi connectivity index (χ0) is 14.2. The van der Waals surface area contributed by atoms with Crippen molar-refractivity contribution in [1.29, 1.82) is 0 Å². The standard InChI is InChI=1S/C17H21NO2/c1-19-16-8-6-14(7-9-16)10-11-18-13-15-4-3-5-17(12-15)20-2/h3-9,12,18H,10-11,13H2,1-2H3/p+1. The van der Waals surface area contributed by atoms with Crippen LogP contribution in [0.1, 0.15) is 11.1 Å². The highest BCUT2D eigenvalue weighted by Crippen LogP contribution is 2.12. The molecule has 3 heteroatoms. The number of rotatable bonds is 7. The summed E-state index contributed by atoms with van der Waals surface area (Å²) >= 11 is 0. The first-order chi connectivity index (χ1) is 9.81. The van der Waals surface area contributed by atoms with E-state index >= 15 is 0 Å². The van der Waals surface area contributed by atoms with E-state index in [4.69, 9.17) is 9.47 Å². The summed E-state index contributed by atoms with van der Waals surface area (Å²) < 4.78 is 10.4. The van der Waals surface area contributed by atoms with Crippen LogP contribution in [0.15, 0.2) is 48.5 Å². The fourth-order valence-electron chi connectivity index (χ4n) is 2.13. The van der Waals surface area contributed by atoms with Gasteiger partial charge in [0.1, 0.15) is 18.0 Å². The lowest BCUT2D eigenvalue weighted by atomic mass is 10.1. The van der Waals surface area contributed by atoms with Crippen molar-refractivity contribution in [1.82, 2.24) is 0 Å². The molecule has 2 aromatic carbocycles. The van der Waals surface area contributed by atoms with Crippen LogP contribution in [-0.2, 0) is 13.0 Å². The number of quaternary nitrogens is 1. The summed E-state index contributed by atoms with van der Waals surface area (Å²) in [4.78, 5) is 0. The topological polar surface area (TPSA) is 35.1 Å². The van der Waals surface area contributed by atoms with Crippen LogP contribution in [0.25, 0.3) is 0 Å². The largest absolute Gasteiger partial charge is 0.497 e. The third-order valence-electron chi connectivity index (χ3n) is 3.31. The summed E-state index contributed by atoms with van der Waals surface area (Å²) in [7, 11) is 3.39. The Morgan fingerprint density at radius 1 is 0.850 bits per heavy atom. The third kappa shape index (κ3) is 4.28. The number of ether oxygens (including phenoxy) is 2. The predicted octanol–water partition coefficient (Wildman–Crippen LogP) is 2.01. The van der Waals surface area contributed by atoms with Gasteiger partial charge in [0.2, 0.25) is 0 Å². The number of methoxy groups -OCH3 is 2. The molecule has 0 aliphatic carbocycles. The average molecular weight is 272 g/mol. The fourth-order valence-corrected chi connectivity index (χ4v) is 2.13. The minimum Gasteiger partial charge on any atom is -0.497 e. The summed E-state index contributed by atoms with van der Waals surface area (Å²) in [6, 6.07) is 16.5. The van der Waals surface area contributed by atoms with Gasteiger partial charge >= 0.3 is 0 Å². The van der Waals surface area contributed by atoms with Gasteiger partial charge < -0.3 is 14.8 Å². The lowest BCUT2D eigenvalue weighted by Gasteiger charge is -2.05. The van der Waals surface area contributed by atoms with Crippen LogP contribution in [-0.4, -0.2) is 20.8 Å². The smallest absolute Gasteiger partial charge is 0.119 e. The van der Waals surface area contributed by atoms with Gasteiger partial charge in [0.25, 0.3) is 0 Å². The van der Waals surface area contributed by atoms with E-state index in [0.29, 0.717) is 0 Å². The third-order valence-corrected chi connectivity index (χ3v) is 3.31. The zero-order valence-corrected chi connectivity index (χ0v) is 12.1. The van der Waals surface area contributed by atoms with Gasteiger partial charge in [-0.3, -0.25) is 0 Å². The van der Waals surface area contributed by atoms with Crippen LogP contribution in [0.2, 0.25) is 0 Å². The highest BCUT2D eigenvalue weighted by molar-refractivity contribution is 5.28. The van der Waals surface area contributed by atoms with Crippen molar-refractivity contribution in [2.24, 2.45) is 0 Å². The molecule has 0 spiro atoms. The van der Waals surface area contributed by atoms with Crippen molar-refractivity contribution in [3.05, 3.63) is 59.7 Å². The number of hydrogen-bond donors (Lipinski definition) is 1. The maximum Gasteiger partial charge on any atom is 0.119 e. The molecule has 0 heterocycles. The molecular weight excluding hydrogens is 250 g/mol. The second kappa shape index (κ2) is 7.56. The molecule has 2 rings (SSSR count). The Hall–Kier alpha value is -2.00. The van der Waals surface area contributed by atoms with E-state index < -0.39 is 0 Å². The van der Waals surface area contributed by atoms with Gasteiger partial charge in [-0.1, -0.05) is 24.3 Å². The Balaban J connectivity index is 1.75. The summed E-state index contributed by atoms with van der Waals surface area (Å²) in [6.07, 6.45) is 1.06. The molecular formula is C17H22NO2+. The molecule has 0 aliphatic heterocycles. The molecule has 0 aliphatic rings. The molecule has 3 nitrogen and oxygen atoms in total. The normalized spacial score (nSPS) is 10.3. The van der Waals surface area contributed by atoms with Gasteiger partial charge in [-0.25, -0.2) is 0 Å². The minimum atomic E-state index is 0.911. The molecule has 0 amide bonds. The Kier molecular flexibility index (Phi) is 5.44. The van der Waals surface area contributed by atoms with E-state index in [0.717, 1.165) is 31.0 Å².